The number of aromatic nitrogens is 2. The average Bonchev–Trinajstić information content (AvgIpc) is 3.40. The van der Waals surface area contributed by atoms with Gasteiger partial charge in [-0.15, -0.1) is 0 Å². The maximum atomic E-state index is 10.4. The van der Waals surface area contributed by atoms with E-state index in [1.165, 1.54) is 16.5 Å². The van der Waals surface area contributed by atoms with Gasteiger partial charge >= 0.3 is 0 Å². The lowest BCUT2D eigenvalue weighted by Crippen LogP contribution is -2.38. The van der Waals surface area contributed by atoms with Crippen molar-refractivity contribution in [2.45, 2.75) is 25.7 Å². The van der Waals surface area contributed by atoms with E-state index >= 15 is 0 Å². The van der Waals surface area contributed by atoms with Crippen LogP contribution in [0.4, 0.5) is 0 Å². The number of fused-ring (bicyclic) bond motifs is 2. The predicted molar refractivity (Wildman–Crippen MR) is 120 cm³/mol. The van der Waals surface area contributed by atoms with Gasteiger partial charge in [0.2, 0.25) is 0 Å². The van der Waals surface area contributed by atoms with Crippen LogP contribution >= 0.6 is 0 Å². The average molecular weight is 418 g/mol. The highest BCUT2D eigenvalue weighted by atomic mass is 16.5. The highest BCUT2D eigenvalue weighted by Crippen LogP contribution is 2.25. The molecule has 0 radical (unpaired) electrons. The Kier molecular flexibility index (Phi) is 5.59. The van der Waals surface area contributed by atoms with Crippen LogP contribution in [0, 0.1) is 0 Å². The molecular formula is C25H27N3O3. The van der Waals surface area contributed by atoms with Crippen molar-refractivity contribution in [2.75, 3.05) is 19.7 Å². The minimum Gasteiger partial charge on any atom is -0.389 e. The lowest BCUT2D eigenvalue weighted by atomic mass is 10.00. The summed E-state index contributed by atoms with van der Waals surface area (Å²) in [6.45, 7) is 3.00. The number of aryl methyl sites for hydroxylation is 1. The van der Waals surface area contributed by atoms with Gasteiger partial charge in [-0.3, -0.25) is 4.90 Å². The van der Waals surface area contributed by atoms with E-state index in [1.54, 1.807) is 0 Å². The molecule has 2 aromatic heterocycles. The Morgan fingerprint density at radius 3 is 2.90 bits per heavy atom. The molecule has 2 aromatic carbocycles. The SMILES string of the molecule is Cn1ccc2ccc(-c3cc(COCC(O)CN4CCc5ccccc5C4)on3)cc21. The van der Waals surface area contributed by atoms with Crippen LogP contribution in [-0.4, -0.2) is 45.5 Å². The Morgan fingerprint density at radius 1 is 1.13 bits per heavy atom. The molecule has 1 unspecified atom stereocenters. The Morgan fingerprint density at radius 2 is 2.00 bits per heavy atom. The van der Waals surface area contributed by atoms with Crippen molar-refractivity contribution in [1.29, 1.82) is 0 Å². The molecule has 0 aliphatic carbocycles. The third-order valence-electron chi connectivity index (χ3n) is 5.98. The first-order valence-electron chi connectivity index (χ1n) is 10.7. The van der Waals surface area contributed by atoms with E-state index in [0.717, 1.165) is 36.3 Å². The van der Waals surface area contributed by atoms with Crippen LogP contribution in [0.5, 0.6) is 0 Å². The molecular weight excluding hydrogens is 390 g/mol. The molecule has 0 amide bonds. The van der Waals surface area contributed by atoms with Crippen LogP contribution in [0.3, 0.4) is 0 Å². The smallest absolute Gasteiger partial charge is 0.163 e. The summed E-state index contributed by atoms with van der Waals surface area (Å²) >= 11 is 0. The van der Waals surface area contributed by atoms with E-state index in [0.29, 0.717) is 18.9 Å². The summed E-state index contributed by atoms with van der Waals surface area (Å²) in [6.07, 6.45) is 2.54. The van der Waals surface area contributed by atoms with Crippen LogP contribution in [0.1, 0.15) is 16.9 Å². The van der Waals surface area contributed by atoms with E-state index in [9.17, 15) is 5.11 Å². The summed E-state index contributed by atoms with van der Waals surface area (Å²) < 4.78 is 13.2. The minimum absolute atomic E-state index is 0.267. The fourth-order valence-electron chi connectivity index (χ4n) is 4.30. The van der Waals surface area contributed by atoms with Crippen LogP contribution in [-0.2, 0) is 31.4 Å². The molecule has 6 nitrogen and oxygen atoms in total. The molecule has 0 fully saturated rings. The summed E-state index contributed by atoms with van der Waals surface area (Å²) in [4.78, 5) is 2.28. The van der Waals surface area contributed by atoms with Gasteiger partial charge in [0.05, 0.1) is 12.7 Å². The molecule has 0 saturated carbocycles. The number of benzene rings is 2. The third kappa shape index (κ3) is 4.42. The van der Waals surface area contributed by atoms with Crippen molar-refractivity contribution in [3.8, 4) is 11.3 Å². The van der Waals surface area contributed by atoms with Gasteiger partial charge in [-0.2, -0.15) is 0 Å². The first kappa shape index (κ1) is 20.0. The zero-order valence-electron chi connectivity index (χ0n) is 17.7. The lowest BCUT2D eigenvalue weighted by Gasteiger charge is -2.30. The molecule has 0 bridgehead atoms. The Labute approximate surface area is 181 Å². The molecule has 1 N–H and O–H groups in total. The van der Waals surface area contributed by atoms with Crippen molar-refractivity contribution >= 4 is 10.9 Å². The number of β-amino-alcohol motifs (C(OH)–C–C–N with tert-alkyl or cyclic N) is 1. The van der Waals surface area contributed by atoms with Gasteiger partial charge in [-0.05, 0) is 35.1 Å². The molecule has 3 heterocycles. The molecule has 160 valence electrons. The van der Waals surface area contributed by atoms with Crippen molar-refractivity contribution in [3.05, 3.63) is 77.7 Å². The second kappa shape index (κ2) is 8.67. The minimum atomic E-state index is -0.535. The standard InChI is InChI=1S/C25H27N3O3/c1-27-10-8-19-6-7-20(12-25(19)27)24-13-23(31-26-24)17-30-16-22(29)15-28-11-9-18-4-2-3-5-21(18)14-28/h2-8,10,12-13,22,29H,9,11,14-17H2,1H3. The van der Waals surface area contributed by atoms with Crippen LogP contribution < -0.4 is 0 Å². The second-order valence-electron chi connectivity index (χ2n) is 8.30. The van der Waals surface area contributed by atoms with E-state index in [4.69, 9.17) is 9.26 Å². The highest BCUT2D eigenvalue weighted by molar-refractivity contribution is 5.84. The predicted octanol–water partition coefficient (Wildman–Crippen LogP) is 3.77. The van der Waals surface area contributed by atoms with E-state index < -0.39 is 6.10 Å². The van der Waals surface area contributed by atoms with Crippen molar-refractivity contribution in [1.82, 2.24) is 14.6 Å². The summed E-state index contributed by atoms with van der Waals surface area (Å²) in [5, 5.41) is 15.8. The molecule has 5 rings (SSSR count). The summed E-state index contributed by atoms with van der Waals surface area (Å²) in [7, 11) is 2.03. The second-order valence-corrected chi connectivity index (χ2v) is 8.30. The molecule has 1 aliphatic heterocycles. The van der Waals surface area contributed by atoms with Crippen molar-refractivity contribution < 1.29 is 14.4 Å². The number of hydrogen-bond donors (Lipinski definition) is 1. The van der Waals surface area contributed by atoms with Crippen LogP contribution in [0.15, 0.2) is 65.3 Å². The molecule has 4 aromatic rings. The van der Waals surface area contributed by atoms with Gasteiger partial charge < -0.3 is 18.9 Å². The first-order chi connectivity index (χ1) is 15.2. The number of aliphatic hydroxyl groups is 1. The third-order valence-corrected chi connectivity index (χ3v) is 5.98. The highest BCUT2D eigenvalue weighted by Gasteiger charge is 2.18. The largest absolute Gasteiger partial charge is 0.389 e. The Hall–Kier alpha value is -2.93. The summed E-state index contributed by atoms with van der Waals surface area (Å²) in [6, 6.07) is 18.8. The van der Waals surface area contributed by atoms with Gasteiger partial charge in [-0.1, -0.05) is 41.6 Å². The molecule has 6 heteroatoms. The quantitative estimate of drug-likeness (QED) is 0.496. The fourth-order valence-corrected chi connectivity index (χ4v) is 4.30. The number of rotatable bonds is 7. The van der Waals surface area contributed by atoms with E-state index in [1.807, 2.05) is 25.4 Å². The zero-order chi connectivity index (χ0) is 21.2. The van der Waals surface area contributed by atoms with Crippen LogP contribution in [0.2, 0.25) is 0 Å². The first-order valence-corrected chi connectivity index (χ1v) is 10.7. The molecule has 31 heavy (non-hydrogen) atoms. The normalized spacial score (nSPS) is 15.3. The van der Waals surface area contributed by atoms with Gasteiger partial charge in [0.1, 0.15) is 12.3 Å². The number of hydrogen-bond acceptors (Lipinski definition) is 5. The maximum Gasteiger partial charge on any atom is 0.163 e. The zero-order valence-corrected chi connectivity index (χ0v) is 17.7. The lowest BCUT2D eigenvalue weighted by molar-refractivity contribution is 0.00189. The van der Waals surface area contributed by atoms with Gasteiger partial charge in [-0.25, -0.2) is 0 Å². The fraction of sp³-hybridized carbons (Fsp3) is 0.320. The van der Waals surface area contributed by atoms with E-state index in [-0.39, 0.29) is 6.61 Å². The molecule has 0 spiro atoms. The van der Waals surface area contributed by atoms with Crippen molar-refractivity contribution in [2.24, 2.45) is 7.05 Å². The summed E-state index contributed by atoms with van der Waals surface area (Å²) in [5.74, 6) is 0.654. The molecule has 1 aliphatic rings. The number of aliphatic hydroxyl groups excluding tert-OH is 1. The Balaban J connectivity index is 1.12. The Bertz CT molecular complexity index is 1180. The van der Waals surface area contributed by atoms with Crippen molar-refractivity contribution in [3.63, 3.8) is 0 Å². The summed E-state index contributed by atoms with van der Waals surface area (Å²) in [5.41, 5.74) is 5.71. The van der Waals surface area contributed by atoms with Gasteiger partial charge in [0.25, 0.3) is 0 Å². The topological polar surface area (TPSA) is 63.7 Å². The van der Waals surface area contributed by atoms with E-state index in [2.05, 4.69) is 57.1 Å². The van der Waals surface area contributed by atoms with Gasteiger partial charge in [0.15, 0.2) is 5.76 Å². The monoisotopic (exact) mass is 417 g/mol. The molecule has 0 saturated heterocycles. The number of nitrogens with zero attached hydrogens (tertiary/aromatic N) is 3. The van der Waals surface area contributed by atoms with Crippen LogP contribution in [0.25, 0.3) is 22.2 Å². The number of ether oxygens (including phenoxy) is 1. The molecule has 1 atom stereocenters. The van der Waals surface area contributed by atoms with Gasteiger partial charge in [0, 0.05) is 50.0 Å². The maximum absolute atomic E-state index is 10.4.